The Morgan fingerprint density at radius 1 is 1.55 bits per heavy atom. The summed E-state index contributed by atoms with van der Waals surface area (Å²) >= 11 is 6.69. The molecule has 1 aromatic rings. The lowest BCUT2D eigenvalue weighted by atomic mass is 10.3. The van der Waals surface area contributed by atoms with Crippen LogP contribution in [-0.2, 0) is 0 Å². The van der Waals surface area contributed by atoms with E-state index in [2.05, 4.69) is 0 Å². The van der Waals surface area contributed by atoms with Crippen molar-refractivity contribution in [1.82, 2.24) is 0 Å². The third-order valence-electron chi connectivity index (χ3n) is 1.09. The van der Waals surface area contributed by atoms with Gasteiger partial charge in [-0.15, -0.1) is 0 Å². The Bertz CT molecular complexity index is 234. The molecular formula is C7H6ClFOS. The molecule has 0 aliphatic heterocycles. The van der Waals surface area contributed by atoms with E-state index < -0.39 is 5.82 Å². The molecule has 0 amide bonds. The van der Waals surface area contributed by atoms with Crippen LogP contribution < -0.4 is 4.18 Å². The van der Waals surface area contributed by atoms with Gasteiger partial charge in [0.2, 0.25) is 0 Å². The van der Waals surface area contributed by atoms with Crippen LogP contribution in [0.2, 0.25) is 5.02 Å². The van der Waals surface area contributed by atoms with Crippen LogP contribution in [0, 0.1) is 5.82 Å². The highest BCUT2D eigenvalue weighted by molar-refractivity contribution is 7.94. The second kappa shape index (κ2) is 3.83. The van der Waals surface area contributed by atoms with E-state index in [0.29, 0.717) is 5.02 Å². The van der Waals surface area contributed by atoms with Crippen molar-refractivity contribution in [2.24, 2.45) is 0 Å². The summed E-state index contributed by atoms with van der Waals surface area (Å²) in [5.74, 6) is -0.339. The maximum absolute atomic E-state index is 12.8. The van der Waals surface area contributed by atoms with Crippen molar-refractivity contribution in [2.45, 2.75) is 0 Å². The summed E-state index contributed by atoms with van der Waals surface area (Å²) in [4.78, 5) is 0. The quantitative estimate of drug-likeness (QED) is 0.666. The van der Waals surface area contributed by atoms with Crippen molar-refractivity contribution in [2.75, 3.05) is 6.26 Å². The normalized spacial score (nSPS) is 9.73. The van der Waals surface area contributed by atoms with E-state index in [4.69, 9.17) is 15.8 Å². The van der Waals surface area contributed by atoms with Crippen molar-refractivity contribution < 1.29 is 8.57 Å². The Labute approximate surface area is 73.7 Å². The number of hydrogen-bond donors (Lipinski definition) is 0. The number of para-hydroxylation sites is 1. The summed E-state index contributed by atoms with van der Waals surface area (Å²) in [5.41, 5.74) is 0. The van der Waals surface area contributed by atoms with Crippen LogP contribution in [0.5, 0.6) is 5.75 Å². The van der Waals surface area contributed by atoms with Gasteiger partial charge < -0.3 is 4.18 Å². The third kappa shape index (κ3) is 2.01. The van der Waals surface area contributed by atoms with Crippen molar-refractivity contribution in [1.29, 1.82) is 0 Å². The zero-order chi connectivity index (χ0) is 8.27. The monoisotopic (exact) mass is 192 g/mol. The molecule has 0 saturated carbocycles. The van der Waals surface area contributed by atoms with Crippen LogP contribution in [0.15, 0.2) is 18.2 Å². The molecule has 0 bridgehead atoms. The van der Waals surface area contributed by atoms with Crippen LogP contribution in [0.25, 0.3) is 0 Å². The van der Waals surface area contributed by atoms with Crippen LogP contribution in [0.4, 0.5) is 4.39 Å². The molecule has 0 aliphatic carbocycles. The molecule has 0 fully saturated rings. The molecule has 1 nitrogen and oxygen atoms in total. The molecule has 1 rings (SSSR count). The van der Waals surface area contributed by atoms with Crippen molar-refractivity contribution in [3.63, 3.8) is 0 Å². The molecule has 0 N–H and O–H groups in total. The lowest BCUT2D eigenvalue weighted by Crippen LogP contribution is -1.85. The van der Waals surface area contributed by atoms with Crippen molar-refractivity contribution in [3.05, 3.63) is 29.0 Å². The van der Waals surface area contributed by atoms with E-state index in [1.54, 1.807) is 12.3 Å². The van der Waals surface area contributed by atoms with Gasteiger partial charge in [0.1, 0.15) is 0 Å². The van der Waals surface area contributed by atoms with E-state index in [1.165, 1.54) is 12.1 Å². The number of hydrogen-bond acceptors (Lipinski definition) is 2. The average Bonchev–Trinajstić information content (AvgIpc) is 1.97. The largest absolute Gasteiger partial charge is 0.421 e. The van der Waals surface area contributed by atoms with Gasteiger partial charge in [0, 0.05) is 6.26 Å². The Morgan fingerprint density at radius 2 is 2.27 bits per heavy atom. The Kier molecular flexibility index (Phi) is 3.02. The molecule has 0 saturated heterocycles. The smallest absolute Gasteiger partial charge is 0.191 e. The zero-order valence-electron chi connectivity index (χ0n) is 5.80. The first-order valence-electron chi connectivity index (χ1n) is 2.90. The fourth-order valence-electron chi connectivity index (χ4n) is 0.645. The summed E-state index contributed by atoms with van der Waals surface area (Å²) in [7, 11) is 0. The number of rotatable bonds is 2. The summed E-state index contributed by atoms with van der Waals surface area (Å²) < 4.78 is 17.7. The molecule has 0 aliphatic rings. The van der Waals surface area contributed by atoms with Gasteiger partial charge in [-0.3, -0.25) is 0 Å². The average molecular weight is 193 g/mol. The van der Waals surface area contributed by atoms with Gasteiger partial charge >= 0.3 is 0 Å². The first-order chi connectivity index (χ1) is 5.25. The summed E-state index contributed by atoms with van der Waals surface area (Å²) in [6.45, 7) is 0. The van der Waals surface area contributed by atoms with E-state index in [1.807, 2.05) is 0 Å². The minimum absolute atomic E-state index is 0.0988. The Hall–Kier alpha value is -0.410. The van der Waals surface area contributed by atoms with Crippen LogP contribution in [0.3, 0.4) is 0 Å². The van der Waals surface area contributed by atoms with Crippen molar-refractivity contribution in [3.8, 4) is 5.75 Å². The summed E-state index contributed by atoms with van der Waals surface area (Å²) in [6, 6.07) is 4.42. The molecule has 0 aromatic heterocycles. The van der Waals surface area contributed by atoms with Gasteiger partial charge in [0.25, 0.3) is 0 Å². The summed E-state index contributed by atoms with van der Waals surface area (Å²) in [5, 5.41) is 0.291. The number of halogens is 2. The molecule has 0 unspecified atom stereocenters. The molecule has 0 spiro atoms. The topological polar surface area (TPSA) is 9.23 Å². The molecule has 1 aromatic carbocycles. The summed E-state index contributed by atoms with van der Waals surface area (Å²) in [6.07, 6.45) is 1.70. The van der Waals surface area contributed by atoms with E-state index in [-0.39, 0.29) is 5.75 Å². The predicted molar refractivity (Wildman–Crippen MR) is 45.6 cm³/mol. The molecule has 0 atom stereocenters. The van der Waals surface area contributed by atoms with Crippen LogP contribution in [0.1, 0.15) is 0 Å². The highest BCUT2D eigenvalue weighted by atomic mass is 35.5. The molecule has 0 radical (unpaired) electrons. The molecule has 60 valence electrons. The highest BCUT2D eigenvalue weighted by Gasteiger charge is 2.06. The minimum atomic E-state index is -0.438. The predicted octanol–water partition coefficient (Wildman–Crippen LogP) is 3.14. The van der Waals surface area contributed by atoms with Gasteiger partial charge in [-0.05, 0) is 12.1 Å². The lowest BCUT2D eigenvalue weighted by molar-refractivity contribution is 0.544. The van der Waals surface area contributed by atoms with Crippen LogP contribution >= 0.6 is 23.6 Å². The second-order valence-corrected chi connectivity index (χ2v) is 2.71. The molecule has 4 heteroatoms. The Morgan fingerprint density at radius 3 is 2.82 bits per heavy atom. The second-order valence-electron chi connectivity index (χ2n) is 1.80. The molecule has 0 heterocycles. The SMILES string of the molecule is CSOc1c(F)cccc1Cl. The van der Waals surface area contributed by atoms with E-state index in [9.17, 15) is 4.39 Å². The first-order valence-corrected chi connectivity index (χ1v) is 4.43. The first kappa shape index (κ1) is 8.68. The molecular weight excluding hydrogens is 187 g/mol. The van der Waals surface area contributed by atoms with E-state index >= 15 is 0 Å². The highest BCUT2D eigenvalue weighted by Crippen LogP contribution is 2.29. The van der Waals surface area contributed by atoms with Gasteiger partial charge in [-0.2, -0.15) is 0 Å². The van der Waals surface area contributed by atoms with Gasteiger partial charge in [-0.25, -0.2) is 4.39 Å². The lowest BCUT2D eigenvalue weighted by Gasteiger charge is -2.03. The maximum atomic E-state index is 12.8. The maximum Gasteiger partial charge on any atom is 0.191 e. The molecule has 11 heavy (non-hydrogen) atoms. The fourth-order valence-corrected chi connectivity index (χ4v) is 1.23. The fraction of sp³-hybridized carbons (Fsp3) is 0.143. The third-order valence-corrected chi connectivity index (χ3v) is 1.72. The zero-order valence-corrected chi connectivity index (χ0v) is 7.38. The standard InChI is InChI=1S/C7H6ClFOS/c1-11-10-7-5(8)3-2-4-6(7)9/h2-4H,1H3. The minimum Gasteiger partial charge on any atom is -0.421 e. The van der Waals surface area contributed by atoms with Gasteiger partial charge in [0.15, 0.2) is 11.6 Å². The Balaban J connectivity index is 3.00. The van der Waals surface area contributed by atoms with Crippen LogP contribution in [-0.4, -0.2) is 6.26 Å². The van der Waals surface area contributed by atoms with Gasteiger partial charge in [-0.1, -0.05) is 17.7 Å². The van der Waals surface area contributed by atoms with E-state index in [0.717, 1.165) is 12.0 Å². The van der Waals surface area contributed by atoms with Gasteiger partial charge in [0.05, 0.1) is 17.1 Å². The van der Waals surface area contributed by atoms with Crippen molar-refractivity contribution >= 4 is 23.6 Å². The number of benzene rings is 1.